The summed E-state index contributed by atoms with van der Waals surface area (Å²) in [6, 6.07) is 3.03. The summed E-state index contributed by atoms with van der Waals surface area (Å²) < 4.78 is 5.82. The lowest BCUT2D eigenvalue weighted by molar-refractivity contribution is 0.0901. The fourth-order valence-corrected chi connectivity index (χ4v) is 2.67. The van der Waals surface area contributed by atoms with Gasteiger partial charge in [-0.1, -0.05) is 33.1 Å². The molecular weight excluding hydrogens is 260 g/mol. The number of unbranched alkanes of at least 4 members (excludes halogenated alkanes) is 2. The summed E-state index contributed by atoms with van der Waals surface area (Å²) in [7, 11) is 0. The first-order valence-corrected chi connectivity index (χ1v) is 8.90. The Labute approximate surface area is 131 Å². The quantitative estimate of drug-likeness (QED) is 0.511. The van der Waals surface area contributed by atoms with Gasteiger partial charge >= 0.3 is 0 Å². The van der Waals surface area contributed by atoms with Gasteiger partial charge in [-0.15, -0.1) is 0 Å². The van der Waals surface area contributed by atoms with Crippen molar-refractivity contribution in [2.75, 3.05) is 13.2 Å². The molecule has 0 amide bonds. The molecule has 0 heterocycles. The van der Waals surface area contributed by atoms with Crippen LogP contribution in [0.2, 0.25) is 0 Å². The predicted octanol–water partition coefficient (Wildman–Crippen LogP) is 4.42. The molecule has 0 saturated heterocycles. The fraction of sp³-hybridized carbons (Fsp3) is 0.944. The van der Waals surface area contributed by atoms with E-state index >= 15 is 0 Å². The molecule has 1 aliphatic carbocycles. The summed E-state index contributed by atoms with van der Waals surface area (Å²) in [6.07, 6.45) is 10.6. The van der Waals surface area contributed by atoms with Crippen molar-refractivity contribution >= 4 is 0 Å². The van der Waals surface area contributed by atoms with Gasteiger partial charge in [-0.3, -0.25) is 5.32 Å². The van der Waals surface area contributed by atoms with Gasteiger partial charge in [0.2, 0.25) is 0 Å². The highest BCUT2D eigenvalue weighted by atomic mass is 16.5. The SMILES string of the molecule is CCCCC(CC)COCCCCC(C)(C#N)NC1CC1. The van der Waals surface area contributed by atoms with Gasteiger partial charge in [-0.05, 0) is 51.4 Å². The molecule has 0 bridgehead atoms. The van der Waals surface area contributed by atoms with Crippen molar-refractivity contribution in [3.63, 3.8) is 0 Å². The van der Waals surface area contributed by atoms with Gasteiger partial charge in [0.15, 0.2) is 0 Å². The van der Waals surface area contributed by atoms with Crippen LogP contribution >= 0.6 is 0 Å². The zero-order valence-corrected chi connectivity index (χ0v) is 14.3. The molecule has 0 aromatic carbocycles. The van der Waals surface area contributed by atoms with Gasteiger partial charge in [0, 0.05) is 19.3 Å². The van der Waals surface area contributed by atoms with Crippen molar-refractivity contribution in [3.05, 3.63) is 0 Å². The van der Waals surface area contributed by atoms with Crippen LogP contribution in [0.4, 0.5) is 0 Å². The van der Waals surface area contributed by atoms with E-state index < -0.39 is 0 Å². The van der Waals surface area contributed by atoms with E-state index in [0.29, 0.717) is 6.04 Å². The average molecular weight is 294 g/mol. The monoisotopic (exact) mass is 294 g/mol. The maximum atomic E-state index is 9.31. The molecule has 0 aromatic rings. The minimum absolute atomic E-state index is 0.339. The van der Waals surface area contributed by atoms with Gasteiger partial charge in [0.05, 0.1) is 6.07 Å². The molecule has 0 spiro atoms. The molecule has 0 aliphatic heterocycles. The Balaban J connectivity index is 2.03. The van der Waals surface area contributed by atoms with Crippen molar-refractivity contribution in [1.29, 1.82) is 5.26 Å². The van der Waals surface area contributed by atoms with Crippen LogP contribution in [0.5, 0.6) is 0 Å². The van der Waals surface area contributed by atoms with E-state index in [2.05, 4.69) is 25.2 Å². The molecule has 2 atom stereocenters. The zero-order valence-electron chi connectivity index (χ0n) is 14.3. The van der Waals surface area contributed by atoms with Crippen LogP contribution in [-0.2, 0) is 4.74 Å². The number of rotatable bonds is 13. The Hall–Kier alpha value is -0.590. The topological polar surface area (TPSA) is 45.0 Å². The van der Waals surface area contributed by atoms with Gasteiger partial charge < -0.3 is 4.74 Å². The van der Waals surface area contributed by atoms with Crippen LogP contribution in [0.15, 0.2) is 0 Å². The maximum Gasteiger partial charge on any atom is 0.104 e. The van der Waals surface area contributed by atoms with E-state index in [4.69, 9.17) is 4.74 Å². The Kier molecular flexibility index (Phi) is 8.96. The molecule has 1 fully saturated rings. The standard InChI is InChI=1S/C18H34N2O/c1-4-6-9-16(5-2)14-21-13-8-7-12-18(3,15-19)20-17-10-11-17/h16-17,20H,4-14H2,1-3H3. The lowest BCUT2D eigenvalue weighted by Crippen LogP contribution is -2.42. The highest BCUT2D eigenvalue weighted by Gasteiger charge is 2.31. The molecule has 1 rings (SSSR count). The summed E-state index contributed by atoms with van der Waals surface area (Å²) in [6.45, 7) is 8.28. The third kappa shape index (κ3) is 8.44. The summed E-state index contributed by atoms with van der Waals surface area (Å²) in [4.78, 5) is 0. The number of nitriles is 1. The maximum absolute atomic E-state index is 9.31. The molecule has 122 valence electrons. The molecule has 3 nitrogen and oxygen atoms in total. The van der Waals surface area contributed by atoms with Crippen molar-refractivity contribution < 1.29 is 4.74 Å². The molecular formula is C18H34N2O. The van der Waals surface area contributed by atoms with Crippen LogP contribution in [0, 0.1) is 17.2 Å². The number of nitrogens with zero attached hydrogens (tertiary/aromatic N) is 1. The van der Waals surface area contributed by atoms with E-state index in [1.807, 2.05) is 6.92 Å². The fourth-order valence-electron chi connectivity index (χ4n) is 2.67. The number of nitrogens with one attached hydrogen (secondary N) is 1. The molecule has 21 heavy (non-hydrogen) atoms. The van der Waals surface area contributed by atoms with E-state index in [0.717, 1.165) is 38.4 Å². The van der Waals surface area contributed by atoms with Crippen LogP contribution in [0.1, 0.15) is 78.6 Å². The normalized spacial score (nSPS) is 19.0. The summed E-state index contributed by atoms with van der Waals surface area (Å²) in [5, 5.41) is 12.8. The van der Waals surface area contributed by atoms with Crippen LogP contribution in [0.3, 0.4) is 0 Å². The third-order valence-electron chi connectivity index (χ3n) is 4.46. The van der Waals surface area contributed by atoms with Crippen molar-refractivity contribution in [3.8, 4) is 6.07 Å². The molecule has 2 unspecified atom stereocenters. The molecule has 0 aromatic heterocycles. The Morgan fingerprint density at radius 2 is 2.05 bits per heavy atom. The second kappa shape index (κ2) is 10.2. The second-order valence-corrected chi connectivity index (χ2v) is 6.81. The summed E-state index contributed by atoms with van der Waals surface area (Å²) >= 11 is 0. The van der Waals surface area contributed by atoms with Gasteiger partial charge in [0.25, 0.3) is 0 Å². The first-order valence-electron chi connectivity index (χ1n) is 8.90. The third-order valence-corrected chi connectivity index (χ3v) is 4.46. The zero-order chi connectivity index (χ0) is 15.6. The van der Waals surface area contributed by atoms with Crippen LogP contribution in [0.25, 0.3) is 0 Å². The summed E-state index contributed by atoms with van der Waals surface area (Å²) in [5.74, 6) is 0.728. The average Bonchev–Trinajstić information content (AvgIpc) is 3.29. The Morgan fingerprint density at radius 3 is 2.62 bits per heavy atom. The lowest BCUT2D eigenvalue weighted by atomic mass is 9.96. The van der Waals surface area contributed by atoms with Gasteiger partial charge in [0.1, 0.15) is 5.54 Å². The largest absolute Gasteiger partial charge is 0.381 e. The van der Waals surface area contributed by atoms with Crippen LogP contribution in [-0.4, -0.2) is 24.8 Å². The van der Waals surface area contributed by atoms with Crippen molar-refractivity contribution in [2.45, 2.75) is 90.1 Å². The minimum atomic E-state index is -0.339. The first-order chi connectivity index (χ1) is 10.1. The molecule has 1 aliphatic rings. The number of ether oxygens (including phenoxy) is 1. The minimum Gasteiger partial charge on any atom is -0.381 e. The van der Waals surface area contributed by atoms with Crippen molar-refractivity contribution in [1.82, 2.24) is 5.32 Å². The number of hydrogen-bond acceptors (Lipinski definition) is 3. The van der Waals surface area contributed by atoms with E-state index in [1.165, 1.54) is 38.5 Å². The van der Waals surface area contributed by atoms with Crippen molar-refractivity contribution in [2.24, 2.45) is 5.92 Å². The molecule has 1 saturated carbocycles. The van der Waals surface area contributed by atoms with E-state index in [1.54, 1.807) is 0 Å². The van der Waals surface area contributed by atoms with Crippen LogP contribution < -0.4 is 5.32 Å². The van der Waals surface area contributed by atoms with Gasteiger partial charge in [-0.25, -0.2) is 0 Å². The molecule has 1 N–H and O–H groups in total. The highest BCUT2D eigenvalue weighted by Crippen LogP contribution is 2.24. The summed E-state index contributed by atoms with van der Waals surface area (Å²) in [5.41, 5.74) is -0.339. The molecule has 0 radical (unpaired) electrons. The highest BCUT2D eigenvalue weighted by molar-refractivity contribution is 5.06. The second-order valence-electron chi connectivity index (χ2n) is 6.81. The smallest absolute Gasteiger partial charge is 0.104 e. The Morgan fingerprint density at radius 1 is 1.29 bits per heavy atom. The first kappa shape index (κ1) is 18.5. The van der Waals surface area contributed by atoms with E-state index in [9.17, 15) is 5.26 Å². The molecule has 3 heteroatoms. The Bertz CT molecular complexity index is 309. The van der Waals surface area contributed by atoms with E-state index in [-0.39, 0.29) is 5.54 Å². The van der Waals surface area contributed by atoms with Gasteiger partial charge in [-0.2, -0.15) is 5.26 Å². The predicted molar refractivity (Wildman–Crippen MR) is 88.2 cm³/mol. The number of hydrogen-bond donors (Lipinski definition) is 1. The lowest BCUT2D eigenvalue weighted by Gasteiger charge is -2.23.